The van der Waals surface area contributed by atoms with E-state index in [9.17, 15) is 0 Å². The van der Waals surface area contributed by atoms with E-state index in [2.05, 4.69) is 32.5 Å². The summed E-state index contributed by atoms with van der Waals surface area (Å²) in [6.07, 6.45) is 3.61. The molecule has 1 aromatic heterocycles. The molecule has 0 aromatic carbocycles. The van der Waals surface area contributed by atoms with Gasteiger partial charge in [-0.25, -0.2) is 9.97 Å². The lowest BCUT2D eigenvalue weighted by Gasteiger charge is -2.05. The number of ether oxygens (including phenoxy) is 1. The summed E-state index contributed by atoms with van der Waals surface area (Å²) in [4.78, 5) is 8.32. The van der Waals surface area contributed by atoms with Crippen molar-refractivity contribution in [2.24, 2.45) is 0 Å². The van der Waals surface area contributed by atoms with Gasteiger partial charge in [0.1, 0.15) is 11.5 Å². The van der Waals surface area contributed by atoms with Gasteiger partial charge in [0.15, 0.2) is 5.16 Å². The molecular weight excluding hydrogens is 252 g/mol. The summed E-state index contributed by atoms with van der Waals surface area (Å²) in [5, 5.41) is 0.705. The minimum absolute atomic E-state index is 0.532. The molecule has 13 heavy (non-hydrogen) atoms. The third kappa shape index (κ3) is 2.45. The minimum Gasteiger partial charge on any atom is -0.495 e. The topological polar surface area (TPSA) is 35.0 Å². The first-order valence-corrected chi connectivity index (χ1v) is 5.50. The largest absolute Gasteiger partial charge is 0.495 e. The molecule has 0 saturated carbocycles. The molecule has 0 spiro atoms. The van der Waals surface area contributed by atoms with Crippen LogP contribution >= 0.6 is 27.7 Å². The molecule has 0 atom stereocenters. The molecule has 0 unspecified atom stereocenters. The van der Waals surface area contributed by atoms with Crippen LogP contribution in [0.5, 0.6) is 0 Å². The molecule has 0 aliphatic heterocycles. The van der Waals surface area contributed by atoms with Crippen LogP contribution in [0.1, 0.15) is 5.69 Å². The highest BCUT2D eigenvalue weighted by molar-refractivity contribution is 9.10. The number of thioether (sulfide) groups is 1. The molecule has 0 N–H and O–H groups in total. The quantitative estimate of drug-likeness (QED) is 0.476. The Morgan fingerprint density at radius 2 is 2.38 bits per heavy atom. The summed E-state index contributed by atoms with van der Waals surface area (Å²) < 4.78 is 5.78. The summed E-state index contributed by atoms with van der Waals surface area (Å²) in [6.45, 7) is 3.73. The van der Waals surface area contributed by atoms with Crippen LogP contribution in [0.15, 0.2) is 22.4 Å². The van der Waals surface area contributed by atoms with Gasteiger partial charge in [0, 0.05) is 6.20 Å². The number of aromatic nitrogens is 2. The highest BCUT2D eigenvalue weighted by atomic mass is 79.9. The summed E-state index contributed by atoms with van der Waals surface area (Å²) in [5.41, 5.74) is 0.696. The molecule has 0 aliphatic carbocycles. The fourth-order valence-corrected chi connectivity index (χ4v) is 1.49. The zero-order valence-electron chi connectivity index (χ0n) is 7.37. The molecule has 3 nitrogen and oxygen atoms in total. The van der Waals surface area contributed by atoms with Crippen molar-refractivity contribution < 1.29 is 4.74 Å². The lowest BCUT2D eigenvalue weighted by molar-refractivity contribution is 0.368. The Morgan fingerprint density at radius 3 is 2.92 bits per heavy atom. The van der Waals surface area contributed by atoms with Crippen LogP contribution in [0.3, 0.4) is 0 Å². The fourth-order valence-electron chi connectivity index (χ4n) is 0.742. The summed E-state index contributed by atoms with van der Waals surface area (Å²) in [6, 6.07) is 0. The molecule has 0 radical (unpaired) electrons. The normalized spacial score (nSPS) is 9.77. The van der Waals surface area contributed by atoms with Gasteiger partial charge < -0.3 is 4.74 Å². The van der Waals surface area contributed by atoms with Crippen molar-refractivity contribution in [3.8, 4) is 0 Å². The SMILES string of the molecule is C=C(OC)c1nc(SC)ncc1Br. The average Bonchev–Trinajstić information content (AvgIpc) is 2.17. The van der Waals surface area contributed by atoms with Crippen LogP contribution < -0.4 is 0 Å². The maximum absolute atomic E-state index is 4.99. The first-order chi connectivity index (χ1) is 6.19. The highest BCUT2D eigenvalue weighted by Crippen LogP contribution is 2.22. The predicted molar refractivity (Wildman–Crippen MR) is 57.6 cm³/mol. The first kappa shape index (κ1) is 10.5. The van der Waals surface area contributed by atoms with E-state index in [1.54, 1.807) is 13.3 Å². The van der Waals surface area contributed by atoms with E-state index >= 15 is 0 Å². The monoisotopic (exact) mass is 260 g/mol. The molecule has 0 fully saturated rings. The second kappa shape index (κ2) is 4.62. The standard InChI is InChI=1S/C8H9BrN2OS/c1-5(12-2)7-6(9)4-10-8(11-7)13-3/h4H,1H2,2-3H3. The van der Waals surface area contributed by atoms with Crippen molar-refractivity contribution in [1.29, 1.82) is 0 Å². The Labute approximate surface area is 89.7 Å². The second-order valence-corrected chi connectivity index (χ2v) is 3.81. The molecule has 0 aliphatic rings. The minimum atomic E-state index is 0.532. The van der Waals surface area contributed by atoms with Crippen molar-refractivity contribution in [2.75, 3.05) is 13.4 Å². The molecule has 0 bridgehead atoms. The maximum Gasteiger partial charge on any atom is 0.187 e. The van der Waals surface area contributed by atoms with E-state index in [0.29, 0.717) is 16.6 Å². The third-order valence-corrected chi connectivity index (χ3v) is 2.56. The van der Waals surface area contributed by atoms with Crippen molar-refractivity contribution in [2.45, 2.75) is 5.16 Å². The Bertz CT molecular complexity index is 330. The third-order valence-electron chi connectivity index (χ3n) is 1.42. The Hall–Kier alpha value is -0.550. The fraction of sp³-hybridized carbons (Fsp3) is 0.250. The zero-order chi connectivity index (χ0) is 9.84. The van der Waals surface area contributed by atoms with Gasteiger partial charge in [-0.05, 0) is 22.2 Å². The van der Waals surface area contributed by atoms with Crippen LogP contribution in [0.2, 0.25) is 0 Å². The number of methoxy groups -OCH3 is 1. The lowest BCUT2D eigenvalue weighted by atomic mass is 10.4. The summed E-state index contributed by atoms with van der Waals surface area (Å²) in [7, 11) is 1.57. The molecule has 0 amide bonds. The van der Waals surface area contributed by atoms with Crippen LogP contribution in [-0.2, 0) is 4.74 Å². The van der Waals surface area contributed by atoms with Gasteiger partial charge in [-0.15, -0.1) is 0 Å². The molecule has 70 valence electrons. The first-order valence-electron chi connectivity index (χ1n) is 3.48. The summed E-state index contributed by atoms with van der Waals surface area (Å²) >= 11 is 4.81. The lowest BCUT2D eigenvalue weighted by Crippen LogP contribution is -1.95. The molecule has 0 saturated heterocycles. The Morgan fingerprint density at radius 1 is 1.69 bits per heavy atom. The van der Waals surface area contributed by atoms with Crippen molar-refractivity contribution in [1.82, 2.24) is 9.97 Å². The van der Waals surface area contributed by atoms with Crippen molar-refractivity contribution in [3.63, 3.8) is 0 Å². The molecule has 5 heteroatoms. The van der Waals surface area contributed by atoms with Gasteiger partial charge in [-0.3, -0.25) is 0 Å². The van der Waals surface area contributed by atoms with E-state index in [1.165, 1.54) is 11.8 Å². The van der Waals surface area contributed by atoms with Crippen LogP contribution in [0, 0.1) is 0 Å². The van der Waals surface area contributed by atoms with Gasteiger partial charge in [-0.1, -0.05) is 18.3 Å². The van der Waals surface area contributed by atoms with Crippen molar-refractivity contribution in [3.05, 3.63) is 22.9 Å². The van der Waals surface area contributed by atoms with E-state index in [-0.39, 0.29) is 0 Å². The van der Waals surface area contributed by atoms with Gasteiger partial charge in [0.25, 0.3) is 0 Å². The summed E-state index contributed by atoms with van der Waals surface area (Å²) in [5.74, 6) is 0.532. The number of halogens is 1. The number of hydrogen-bond acceptors (Lipinski definition) is 4. The molecule has 1 rings (SSSR count). The second-order valence-electron chi connectivity index (χ2n) is 2.18. The zero-order valence-corrected chi connectivity index (χ0v) is 9.78. The molecule has 1 heterocycles. The van der Waals surface area contributed by atoms with Crippen LogP contribution in [0.4, 0.5) is 0 Å². The maximum atomic E-state index is 4.99. The van der Waals surface area contributed by atoms with Gasteiger partial charge >= 0.3 is 0 Å². The predicted octanol–water partition coefficient (Wildman–Crippen LogP) is 2.58. The van der Waals surface area contributed by atoms with E-state index in [0.717, 1.165) is 4.47 Å². The van der Waals surface area contributed by atoms with Gasteiger partial charge in [0.2, 0.25) is 0 Å². The average molecular weight is 261 g/mol. The Balaban J connectivity index is 3.11. The smallest absolute Gasteiger partial charge is 0.187 e. The van der Waals surface area contributed by atoms with E-state index in [1.807, 2.05) is 6.26 Å². The van der Waals surface area contributed by atoms with Gasteiger partial charge in [0.05, 0.1) is 11.6 Å². The Kier molecular flexibility index (Phi) is 3.74. The number of rotatable bonds is 3. The molecule has 1 aromatic rings. The number of hydrogen-bond donors (Lipinski definition) is 0. The van der Waals surface area contributed by atoms with E-state index in [4.69, 9.17) is 4.74 Å². The van der Waals surface area contributed by atoms with Crippen molar-refractivity contribution >= 4 is 33.5 Å². The van der Waals surface area contributed by atoms with Gasteiger partial charge in [-0.2, -0.15) is 0 Å². The molecular formula is C8H9BrN2OS. The van der Waals surface area contributed by atoms with E-state index < -0.39 is 0 Å². The highest BCUT2D eigenvalue weighted by Gasteiger charge is 2.07. The van der Waals surface area contributed by atoms with Crippen LogP contribution in [-0.4, -0.2) is 23.3 Å². The van der Waals surface area contributed by atoms with Crippen LogP contribution in [0.25, 0.3) is 5.76 Å². The number of nitrogens with zero attached hydrogens (tertiary/aromatic N) is 2.